The Hall–Kier alpha value is -1.12. The summed E-state index contributed by atoms with van der Waals surface area (Å²) >= 11 is 0. The van der Waals surface area contributed by atoms with E-state index < -0.39 is 0 Å². The van der Waals surface area contributed by atoms with Crippen molar-refractivity contribution in [3.8, 4) is 0 Å². The monoisotopic (exact) mass is 210 g/mol. The number of hydrogen-bond donors (Lipinski definition) is 0. The van der Waals surface area contributed by atoms with Crippen molar-refractivity contribution in [3.05, 3.63) is 12.2 Å². The predicted molar refractivity (Wildman–Crippen MR) is 57.3 cm³/mol. The van der Waals surface area contributed by atoms with Gasteiger partial charge >= 0.3 is 5.97 Å². The van der Waals surface area contributed by atoms with Crippen LogP contribution in [0.15, 0.2) is 12.2 Å². The summed E-state index contributed by atoms with van der Waals surface area (Å²) in [7, 11) is 1.39. The van der Waals surface area contributed by atoms with Crippen molar-refractivity contribution in [2.75, 3.05) is 7.11 Å². The number of Topliss-reactive ketones (excluding diaryl/α,β-unsaturated/α-hetero) is 1. The van der Waals surface area contributed by atoms with Crippen molar-refractivity contribution in [1.82, 2.24) is 0 Å². The molecule has 84 valence electrons. The second-order valence-electron chi connectivity index (χ2n) is 3.97. The minimum Gasteiger partial charge on any atom is -0.469 e. The number of hydrogen-bond acceptors (Lipinski definition) is 3. The Balaban J connectivity index is 2.70. The molecule has 0 aromatic carbocycles. The smallest absolute Gasteiger partial charge is 0.312 e. The Morgan fingerprint density at radius 3 is 2.87 bits per heavy atom. The van der Waals surface area contributed by atoms with Crippen molar-refractivity contribution < 1.29 is 14.3 Å². The van der Waals surface area contributed by atoms with Crippen LogP contribution in [0, 0.1) is 11.8 Å². The zero-order valence-corrected chi connectivity index (χ0v) is 9.36. The lowest BCUT2D eigenvalue weighted by atomic mass is 9.79. The van der Waals surface area contributed by atoms with Crippen LogP contribution in [-0.2, 0) is 14.3 Å². The van der Waals surface area contributed by atoms with Gasteiger partial charge in [0.05, 0.1) is 13.0 Å². The van der Waals surface area contributed by atoms with E-state index in [4.69, 9.17) is 4.74 Å². The van der Waals surface area contributed by atoms with Crippen molar-refractivity contribution in [1.29, 1.82) is 0 Å². The molecule has 2 unspecified atom stereocenters. The van der Waals surface area contributed by atoms with Gasteiger partial charge in [0, 0.05) is 12.8 Å². The largest absolute Gasteiger partial charge is 0.469 e. The lowest BCUT2D eigenvalue weighted by molar-refractivity contribution is -0.146. The highest BCUT2D eigenvalue weighted by Crippen LogP contribution is 2.29. The predicted octanol–water partition coefficient (Wildman–Crippen LogP) is 2.11. The van der Waals surface area contributed by atoms with Crippen LogP contribution in [0.2, 0.25) is 0 Å². The molecule has 1 rings (SSSR count). The third-order valence-corrected chi connectivity index (χ3v) is 2.90. The number of methoxy groups -OCH3 is 1. The Bertz CT molecular complexity index is 268. The van der Waals surface area contributed by atoms with Crippen LogP contribution in [0.1, 0.15) is 32.6 Å². The first kappa shape index (κ1) is 12.0. The summed E-state index contributed by atoms with van der Waals surface area (Å²) in [5, 5.41) is 0. The maximum absolute atomic E-state index is 11.5. The first-order valence-electron chi connectivity index (χ1n) is 5.41. The average Bonchev–Trinajstić information content (AvgIpc) is 2.25. The van der Waals surface area contributed by atoms with Gasteiger partial charge < -0.3 is 4.74 Å². The third kappa shape index (κ3) is 3.18. The summed E-state index contributed by atoms with van der Waals surface area (Å²) in [6.07, 6.45) is 6.71. The Morgan fingerprint density at radius 1 is 1.60 bits per heavy atom. The molecular weight excluding hydrogens is 192 g/mol. The Labute approximate surface area is 90.5 Å². The van der Waals surface area contributed by atoms with Crippen LogP contribution in [0.3, 0.4) is 0 Å². The molecule has 0 heterocycles. The fourth-order valence-electron chi connectivity index (χ4n) is 2.14. The van der Waals surface area contributed by atoms with E-state index in [1.54, 1.807) is 0 Å². The van der Waals surface area contributed by atoms with E-state index >= 15 is 0 Å². The zero-order valence-electron chi connectivity index (χ0n) is 9.36. The molecule has 15 heavy (non-hydrogen) atoms. The van der Waals surface area contributed by atoms with Crippen LogP contribution < -0.4 is 0 Å². The number of ketones is 1. The van der Waals surface area contributed by atoms with Crippen LogP contribution in [0.25, 0.3) is 0 Å². The summed E-state index contributed by atoms with van der Waals surface area (Å²) in [6.45, 7) is 1.88. The normalized spacial score (nSPS) is 24.1. The number of allylic oxidation sites excluding steroid dienone is 1. The maximum Gasteiger partial charge on any atom is 0.312 e. The van der Waals surface area contributed by atoms with Gasteiger partial charge in [-0.05, 0) is 25.7 Å². The van der Waals surface area contributed by atoms with Crippen LogP contribution in [-0.4, -0.2) is 18.9 Å². The molecule has 0 radical (unpaired) electrons. The molecule has 0 spiro atoms. The highest BCUT2D eigenvalue weighted by Gasteiger charge is 2.30. The maximum atomic E-state index is 11.5. The van der Waals surface area contributed by atoms with Crippen LogP contribution in [0.5, 0.6) is 0 Å². The second kappa shape index (κ2) is 5.69. The van der Waals surface area contributed by atoms with Crippen molar-refractivity contribution >= 4 is 11.8 Å². The van der Waals surface area contributed by atoms with E-state index in [1.165, 1.54) is 7.11 Å². The van der Waals surface area contributed by atoms with E-state index in [1.807, 2.05) is 19.1 Å². The molecular formula is C12H18O3. The van der Waals surface area contributed by atoms with Crippen LogP contribution in [0.4, 0.5) is 0 Å². The average molecular weight is 210 g/mol. The molecule has 1 fully saturated rings. The van der Waals surface area contributed by atoms with Gasteiger partial charge in [-0.3, -0.25) is 9.59 Å². The fraction of sp³-hybridized carbons (Fsp3) is 0.667. The summed E-state index contributed by atoms with van der Waals surface area (Å²) < 4.78 is 4.75. The minimum absolute atomic E-state index is 0.134. The van der Waals surface area contributed by atoms with E-state index in [-0.39, 0.29) is 23.6 Å². The molecule has 1 aliphatic rings. The number of carbonyl (C=O) groups is 2. The Kier molecular flexibility index (Phi) is 4.53. The second-order valence-corrected chi connectivity index (χ2v) is 3.97. The van der Waals surface area contributed by atoms with E-state index in [2.05, 4.69) is 0 Å². The van der Waals surface area contributed by atoms with E-state index in [0.717, 1.165) is 12.8 Å². The van der Waals surface area contributed by atoms with Gasteiger partial charge in [0.15, 0.2) is 0 Å². The SMILES string of the molecule is C/C=C/C(C(=O)OC)C1CCCC(=O)C1. The summed E-state index contributed by atoms with van der Waals surface area (Å²) in [4.78, 5) is 22.8. The van der Waals surface area contributed by atoms with Gasteiger partial charge in [0.25, 0.3) is 0 Å². The van der Waals surface area contributed by atoms with Crippen molar-refractivity contribution in [2.45, 2.75) is 32.6 Å². The molecule has 0 bridgehead atoms. The molecule has 0 aromatic heterocycles. The summed E-state index contributed by atoms with van der Waals surface area (Å²) in [6, 6.07) is 0. The number of carbonyl (C=O) groups excluding carboxylic acids is 2. The van der Waals surface area contributed by atoms with Gasteiger partial charge in [-0.25, -0.2) is 0 Å². The van der Waals surface area contributed by atoms with E-state index in [9.17, 15) is 9.59 Å². The first-order valence-corrected chi connectivity index (χ1v) is 5.41. The number of rotatable bonds is 3. The zero-order chi connectivity index (χ0) is 11.3. The molecule has 3 nitrogen and oxygen atoms in total. The standard InChI is InChI=1S/C12H18O3/c1-3-5-11(12(14)15-2)9-6-4-7-10(13)8-9/h3,5,9,11H,4,6-8H2,1-2H3/b5-3+. The highest BCUT2D eigenvalue weighted by atomic mass is 16.5. The molecule has 1 saturated carbocycles. The quantitative estimate of drug-likeness (QED) is 0.529. The number of esters is 1. The van der Waals surface area contributed by atoms with Crippen molar-refractivity contribution in [2.24, 2.45) is 11.8 Å². The van der Waals surface area contributed by atoms with Gasteiger partial charge in [-0.1, -0.05) is 12.2 Å². The molecule has 0 aromatic rings. The lowest BCUT2D eigenvalue weighted by Gasteiger charge is -2.25. The van der Waals surface area contributed by atoms with Crippen LogP contribution >= 0.6 is 0 Å². The topological polar surface area (TPSA) is 43.4 Å². The van der Waals surface area contributed by atoms with E-state index in [0.29, 0.717) is 12.8 Å². The molecule has 0 amide bonds. The molecule has 0 aliphatic heterocycles. The first-order chi connectivity index (χ1) is 7.19. The molecule has 0 N–H and O–H groups in total. The summed E-state index contributed by atoms with van der Waals surface area (Å²) in [5.74, 6) is -0.0726. The fourth-order valence-corrected chi connectivity index (χ4v) is 2.14. The van der Waals surface area contributed by atoms with Gasteiger partial charge in [-0.15, -0.1) is 0 Å². The third-order valence-electron chi connectivity index (χ3n) is 2.90. The van der Waals surface area contributed by atoms with Gasteiger partial charge in [0.1, 0.15) is 5.78 Å². The Morgan fingerprint density at radius 2 is 2.33 bits per heavy atom. The number of ether oxygens (including phenoxy) is 1. The van der Waals surface area contributed by atoms with Crippen molar-refractivity contribution in [3.63, 3.8) is 0 Å². The molecule has 1 aliphatic carbocycles. The molecule has 2 atom stereocenters. The summed E-state index contributed by atoms with van der Waals surface area (Å²) in [5.41, 5.74) is 0. The van der Waals surface area contributed by atoms with Gasteiger partial charge in [-0.2, -0.15) is 0 Å². The molecule has 3 heteroatoms. The van der Waals surface area contributed by atoms with Gasteiger partial charge in [0.2, 0.25) is 0 Å². The lowest BCUT2D eigenvalue weighted by Crippen LogP contribution is -2.28. The molecule has 0 saturated heterocycles. The minimum atomic E-state index is -0.246. The highest BCUT2D eigenvalue weighted by molar-refractivity contribution is 5.81.